The molecule has 0 bridgehead atoms. The molecule has 0 atom stereocenters. The second kappa shape index (κ2) is 8.52. The third-order valence-corrected chi connectivity index (χ3v) is 4.38. The van der Waals surface area contributed by atoms with E-state index < -0.39 is 0 Å². The van der Waals surface area contributed by atoms with Crippen molar-refractivity contribution in [3.05, 3.63) is 89.6 Å². The molecule has 1 aromatic carbocycles. The Balaban J connectivity index is 1.33. The molecule has 29 heavy (non-hydrogen) atoms. The fourth-order valence-electron chi connectivity index (χ4n) is 2.92. The monoisotopic (exact) mass is 390 g/mol. The molecular weight excluding hydrogens is 371 g/mol. The summed E-state index contributed by atoms with van der Waals surface area (Å²) >= 11 is 0. The van der Waals surface area contributed by atoms with Crippen molar-refractivity contribution in [2.45, 2.75) is 12.8 Å². The number of nitrogen functional groups attached to an aromatic ring is 1. The number of hydrogen-bond acceptors (Lipinski definition) is 6. The summed E-state index contributed by atoms with van der Waals surface area (Å²) in [6, 6.07) is 15.7. The number of pyridine rings is 2. The third-order valence-electron chi connectivity index (χ3n) is 4.38. The van der Waals surface area contributed by atoms with Crippen LogP contribution in [-0.4, -0.2) is 21.7 Å². The lowest BCUT2D eigenvalue weighted by atomic mass is 10.1. The summed E-state index contributed by atoms with van der Waals surface area (Å²) in [7, 11) is 0. The van der Waals surface area contributed by atoms with Crippen molar-refractivity contribution in [2.24, 2.45) is 0 Å². The Hall–Kier alpha value is -3.74. The first kappa shape index (κ1) is 18.6. The second-order valence-corrected chi connectivity index (χ2v) is 6.53. The molecule has 0 fully saturated rings. The van der Waals surface area contributed by atoms with Crippen LogP contribution in [0.5, 0.6) is 5.88 Å². The van der Waals surface area contributed by atoms with E-state index in [1.165, 1.54) is 12.1 Å². The summed E-state index contributed by atoms with van der Waals surface area (Å²) in [5, 5.41) is 4.09. The quantitative estimate of drug-likeness (QED) is 0.512. The van der Waals surface area contributed by atoms with E-state index in [4.69, 9.17) is 15.0 Å². The summed E-state index contributed by atoms with van der Waals surface area (Å²) in [5.74, 6) is 1.26. The van der Waals surface area contributed by atoms with Gasteiger partial charge in [-0.3, -0.25) is 0 Å². The van der Waals surface area contributed by atoms with Gasteiger partial charge in [0.05, 0.1) is 17.9 Å². The van der Waals surface area contributed by atoms with Crippen molar-refractivity contribution in [1.29, 1.82) is 0 Å². The fraction of sp³-hybridized carbons (Fsp3) is 0.136. The van der Waals surface area contributed by atoms with Gasteiger partial charge in [0.25, 0.3) is 0 Å². The van der Waals surface area contributed by atoms with Crippen molar-refractivity contribution in [1.82, 2.24) is 15.1 Å². The fourth-order valence-corrected chi connectivity index (χ4v) is 2.92. The van der Waals surface area contributed by atoms with Gasteiger partial charge in [-0.2, -0.15) is 0 Å². The van der Waals surface area contributed by atoms with E-state index in [0.29, 0.717) is 42.5 Å². The van der Waals surface area contributed by atoms with Gasteiger partial charge >= 0.3 is 0 Å². The number of rotatable bonds is 7. The molecule has 3 heterocycles. The molecule has 7 heteroatoms. The zero-order chi connectivity index (χ0) is 20.1. The van der Waals surface area contributed by atoms with E-state index in [1.54, 1.807) is 30.6 Å². The van der Waals surface area contributed by atoms with Crippen molar-refractivity contribution in [2.75, 3.05) is 12.3 Å². The molecular formula is C22H19FN4O2. The third kappa shape index (κ3) is 4.76. The molecule has 6 nitrogen and oxygen atoms in total. The Bertz CT molecular complexity index is 1100. The predicted molar refractivity (Wildman–Crippen MR) is 107 cm³/mol. The van der Waals surface area contributed by atoms with Gasteiger partial charge in [0.1, 0.15) is 11.6 Å². The van der Waals surface area contributed by atoms with Crippen molar-refractivity contribution in [3.8, 4) is 17.2 Å². The normalized spacial score (nSPS) is 10.8. The molecule has 0 saturated carbocycles. The summed E-state index contributed by atoms with van der Waals surface area (Å²) < 4.78 is 24.2. The van der Waals surface area contributed by atoms with Crippen LogP contribution in [0.25, 0.3) is 11.3 Å². The van der Waals surface area contributed by atoms with Crippen LogP contribution in [0.2, 0.25) is 0 Å². The molecule has 146 valence electrons. The molecule has 4 rings (SSSR count). The predicted octanol–water partition coefficient (Wildman–Crippen LogP) is 4.07. The summed E-state index contributed by atoms with van der Waals surface area (Å²) in [6.07, 6.45) is 4.55. The minimum atomic E-state index is -0.243. The molecule has 2 N–H and O–H groups in total. The Labute approximate surface area is 167 Å². The number of benzene rings is 1. The molecule has 0 radical (unpaired) electrons. The van der Waals surface area contributed by atoms with Gasteiger partial charge < -0.3 is 15.0 Å². The molecule has 3 aromatic heterocycles. The van der Waals surface area contributed by atoms with Crippen LogP contribution in [0.1, 0.15) is 16.8 Å². The van der Waals surface area contributed by atoms with Gasteiger partial charge in [-0.15, -0.1) is 0 Å². The van der Waals surface area contributed by atoms with E-state index in [9.17, 15) is 4.39 Å². The van der Waals surface area contributed by atoms with Crippen LogP contribution in [0.3, 0.4) is 0 Å². The van der Waals surface area contributed by atoms with E-state index in [0.717, 1.165) is 16.8 Å². The van der Waals surface area contributed by atoms with Crippen LogP contribution < -0.4 is 10.5 Å². The summed E-state index contributed by atoms with van der Waals surface area (Å²) in [4.78, 5) is 8.37. The van der Waals surface area contributed by atoms with Gasteiger partial charge in [0.15, 0.2) is 5.76 Å². The lowest BCUT2D eigenvalue weighted by Crippen LogP contribution is -2.03. The number of anilines is 1. The molecule has 4 aromatic rings. The first-order valence-electron chi connectivity index (χ1n) is 9.16. The van der Waals surface area contributed by atoms with E-state index in [1.807, 2.05) is 24.3 Å². The number of nitrogens with zero attached hydrogens (tertiary/aromatic N) is 3. The van der Waals surface area contributed by atoms with Gasteiger partial charge in [-0.05, 0) is 35.4 Å². The van der Waals surface area contributed by atoms with Crippen LogP contribution in [-0.2, 0) is 12.8 Å². The number of ether oxygens (including phenoxy) is 1. The highest BCUT2D eigenvalue weighted by Crippen LogP contribution is 2.25. The number of aromatic nitrogens is 3. The standard InChI is InChI=1S/C22H19FN4O2/c23-17-4-1-3-15(11-17)8-10-28-21-7-6-16(14-26-21)12-18-13-20(29-27-18)19-5-2-9-25-22(19)24/h1-7,9,11,13-14H,8,10,12H2,(H2,24,25). The smallest absolute Gasteiger partial charge is 0.213 e. The Kier molecular flexibility index (Phi) is 5.47. The maximum absolute atomic E-state index is 13.2. The largest absolute Gasteiger partial charge is 0.477 e. The highest BCUT2D eigenvalue weighted by Gasteiger charge is 2.11. The van der Waals surface area contributed by atoms with Crippen molar-refractivity contribution >= 4 is 5.82 Å². The minimum Gasteiger partial charge on any atom is -0.477 e. The number of halogens is 1. The molecule has 0 aliphatic heterocycles. The summed E-state index contributed by atoms with van der Waals surface area (Å²) in [6.45, 7) is 0.426. The molecule has 0 aliphatic rings. The minimum absolute atomic E-state index is 0.243. The second-order valence-electron chi connectivity index (χ2n) is 6.53. The van der Waals surface area contributed by atoms with E-state index in [-0.39, 0.29) is 5.82 Å². The maximum atomic E-state index is 13.2. The van der Waals surface area contributed by atoms with Crippen molar-refractivity contribution < 1.29 is 13.7 Å². The zero-order valence-electron chi connectivity index (χ0n) is 15.6. The molecule has 0 saturated heterocycles. The van der Waals surface area contributed by atoms with Gasteiger partial charge in [0.2, 0.25) is 5.88 Å². The number of hydrogen-bond donors (Lipinski definition) is 1. The lowest BCUT2D eigenvalue weighted by molar-refractivity contribution is 0.309. The van der Waals surface area contributed by atoms with E-state index >= 15 is 0 Å². The summed E-state index contributed by atoms with van der Waals surface area (Å²) in [5.41, 5.74) is 9.22. The Morgan fingerprint density at radius 2 is 1.93 bits per heavy atom. The molecule has 0 spiro atoms. The first-order chi connectivity index (χ1) is 14.2. The van der Waals surface area contributed by atoms with Crippen molar-refractivity contribution in [3.63, 3.8) is 0 Å². The van der Waals surface area contributed by atoms with Gasteiger partial charge in [-0.1, -0.05) is 23.4 Å². The van der Waals surface area contributed by atoms with Crippen LogP contribution in [0.4, 0.5) is 10.2 Å². The topological polar surface area (TPSA) is 87.1 Å². The SMILES string of the molecule is Nc1ncccc1-c1cc(Cc2ccc(OCCc3cccc(F)c3)nc2)no1. The highest BCUT2D eigenvalue weighted by atomic mass is 19.1. The molecule has 0 unspecified atom stereocenters. The van der Waals surface area contributed by atoms with Crippen LogP contribution in [0, 0.1) is 5.82 Å². The maximum Gasteiger partial charge on any atom is 0.213 e. The van der Waals surface area contributed by atoms with Crippen LogP contribution in [0.15, 0.2) is 71.5 Å². The number of nitrogens with two attached hydrogens (primary N) is 1. The highest BCUT2D eigenvalue weighted by molar-refractivity contribution is 5.69. The van der Waals surface area contributed by atoms with Crippen LogP contribution >= 0.6 is 0 Å². The molecule has 0 amide bonds. The lowest BCUT2D eigenvalue weighted by Gasteiger charge is -2.06. The van der Waals surface area contributed by atoms with Gasteiger partial charge in [-0.25, -0.2) is 14.4 Å². The first-order valence-corrected chi connectivity index (χ1v) is 9.16. The average Bonchev–Trinajstić information content (AvgIpc) is 3.18. The molecule has 0 aliphatic carbocycles. The Morgan fingerprint density at radius 1 is 1.00 bits per heavy atom. The van der Waals surface area contributed by atoms with E-state index in [2.05, 4.69) is 15.1 Å². The zero-order valence-corrected chi connectivity index (χ0v) is 15.6. The average molecular weight is 390 g/mol. The van der Waals surface area contributed by atoms with Gasteiger partial charge in [0, 0.05) is 37.4 Å². The Morgan fingerprint density at radius 3 is 2.72 bits per heavy atom.